The molecule has 17 heavy (non-hydrogen) atoms. The molecule has 3 rings (SSSR count). The van der Waals surface area contributed by atoms with E-state index < -0.39 is 5.76 Å². The van der Waals surface area contributed by atoms with Crippen molar-refractivity contribution in [1.29, 1.82) is 0 Å². The van der Waals surface area contributed by atoms with E-state index in [0.29, 0.717) is 11.6 Å². The first-order valence-electron chi connectivity index (χ1n) is 5.03. The van der Waals surface area contributed by atoms with Crippen molar-refractivity contribution in [2.24, 2.45) is 0 Å². The number of thiophene rings is 1. The molecule has 0 N–H and O–H groups in total. The first-order valence-corrected chi connectivity index (χ1v) is 5.97. The van der Waals surface area contributed by atoms with Crippen LogP contribution in [0.4, 0.5) is 0 Å². The summed E-state index contributed by atoms with van der Waals surface area (Å²) in [7, 11) is 0. The Balaban J connectivity index is 2.12. The molecule has 0 aliphatic heterocycles. The summed E-state index contributed by atoms with van der Waals surface area (Å²) in [5, 5.41) is 7.97. The summed E-state index contributed by atoms with van der Waals surface area (Å²) in [6, 6.07) is 11.1. The van der Waals surface area contributed by atoms with Crippen molar-refractivity contribution < 1.29 is 4.42 Å². The van der Waals surface area contributed by atoms with E-state index in [1.165, 1.54) is 16.0 Å². The molecule has 0 amide bonds. The van der Waals surface area contributed by atoms with Gasteiger partial charge in [0, 0.05) is 10.9 Å². The van der Waals surface area contributed by atoms with Crippen molar-refractivity contribution >= 4 is 11.3 Å². The molecule has 0 aliphatic rings. The summed E-state index contributed by atoms with van der Waals surface area (Å²) in [4.78, 5) is 11.7. The van der Waals surface area contributed by atoms with Gasteiger partial charge in [0.1, 0.15) is 0 Å². The summed E-state index contributed by atoms with van der Waals surface area (Å²) >= 11 is 1.53. The standard InChI is InChI=1S/C12H8N2O2S/c15-12-14(10-4-2-1-3-5-10)13-11(16-12)9-6-7-17-8-9/h1-8H. The van der Waals surface area contributed by atoms with Gasteiger partial charge in [-0.3, -0.25) is 0 Å². The second-order valence-electron chi connectivity index (χ2n) is 3.43. The highest BCUT2D eigenvalue weighted by molar-refractivity contribution is 7.08. The number of benzene rings is 1. The minimum Gasteiger partial charge on any atom is -0.387 e. The van der Waals surface area contributed by atoms with Crippen LogP contribution in [0.2, 0.25) is 0 Å². The van der Waals surface area contributed by atoms with Gasteiger partial charge in [0.05, 0.1) is 5.69 Å². The molecule has 0 saturated carbocycles. The zero-order valence-corrected chi connectivity index (χ0v) is 9.55. The lowest BCUT2D eigenvalue weighted by Gasteiger charge is -1.95. The molecular formula is C12H8N2O2S. The second-order valence-corrected chi connectivity index (χ2v) is 4.21. The molecule has 2 aromatic heterocycles. The normalized spacial score (nSPS) is 10.6. The predicted octanol–water partition coefficient (Wildman–Crippen LogP) is 2.55. The van der Waals surface area contributed by atoms with E-state index in [-0.39, 0.29) is 0 Å². The smallest absolute Gasteiger partial charge is 0.387 e. The Bertz CT molecular complexity index is 668. The van der Waals surface area contributed by atoms with E-state index in [0.717, 1.165) is 5.56 Å². The average Bonchev–Trinajstić information content (AvgIpc) is 2.99. The number of hydrogen-bond acceptors (Lipinski definition) is 4. The van der Waals surface area contributed by atoms with Gasteiger partial charge in [0.15, 0.2) is 0 Å². The molecule has 0 bridgehead atoms. The van der Waals surface area contributed by atoms with Crippen LogP contribution in [-0.2, 0) is 0 Å². The van der Waals surface area contributed by atoms with Gasteiger partial charge in [-0.15, -0.1) is 5.10 Å². The summed E-state index contributed by atoms with van der Waals surface area (Å²) in [5.74, 6) is -0.127. The fourth-order valence-electron chi connectivity index (χ4n) is 1.51. The van der Waals surface area contributed by atoms with Crippen molar-refractivity contribution in [2.45, 2.75) is 0 Å². The molecule has 3 aromatic rings. The van der Waals surface area contributed by atoms with Crippen molar-refractivity contribution in [3.63, 3.8) is 0 Å². The molecule has 2 heterocycles. The third-order valence-corrected chi connectivity index (χ3v) is 3.00. The molecule has 0 saturated heterocycles. The van der Waals surface area contributed by atoms with Gasteiger partial charge < -0.3 is 4.42 Å². The molecule has 4 nitrogen and oxygen atoms in total. The topological polar surface area (TPSA) is 48.0 Å². The van der Waals surface area contributed by atoms with Crippen LogP contribution < -0.4 is 5.76 Å². The summed E-state index contributed by atoms with van der Waals surface area (Å²) < 4.78 is 6.37. The molecule has 1 aromatic carbocycles. The molecule has 84 valence electrons. The van der Waals surface area contributed by atoms with E-state index in [9.17, 15) is 4.79 Å². The summed E-state index contributed by atoms with van der Waals surface area (Å²) in [5.41, 5.74) is 1.52. The maximum absolute atomic E-state index is 11.7. The van der Waals surface area contributed by atoms with Crippen molar-refractivity contribution in [2.75, 3.05) is 0 Å². The number of aromatic nitrogens is 2. The monoisotopic (exact) mass is 244 g/mol. The highest BCUT2D eigenvalue weighted by Crippen LogP contribution is 2.19. The summed E-state index contributed by atoms with van der Waals surface area (Å²) in [6.45, 7) is 0. The second kappa shape index (κ2) is 4.03. The van der Waals surface area contributed by atoms with E-state index in [2.05, 4.69) is 5.10 Å². The Kier molecular flexibility index (Phi) is 2.38. The Morgan fingerprint density at radius 1 is 1.18 bits per heavy atom. The number of hydrogen-bond donors (Lipinski definition) is 0. The van der Waals surface area contributed by atoms with Gasteiger partial charge in [-0.1, -0.05) is 18.2 Å². The van der Waals surface area contributed by atoms with E-state index in [1.54, 1.807) is 12.1 Å². The maximum Gasteiger partial charge on any atom is 0.442 e. The molecule has 0 unspecified atom stereocenters. The minimum absolute atomic E-state index is 0.347. The third-order valence-electron chi connectivity index (χ3n) is 2.32. The van der Waals surface area contributed by atoms with Crippen LogP contribution in [0.25, 0.3) is 17.1 Å². The van der Waals surface area contributed by atoms with Crippen LogP contribution >= 0.6 is 11.3 Å². The zero-order chi connectivity index (χ0) is 11.7. The highest BCUT2D eigenvalue weighted by atomic mass is 32.1. The van der Waals surface area contributed by atoms with Crippen LogP contribution in [0.5, 0.6) is 0 Å². The summed E-state index contributed by atoms with van der Waals surface area (Å²) in [6.07, 6.45) is 0. The fourth-order valence-corrected chi connectivity index (χ4v) is 2.14. The maximum atomic E-state index is 11.7. The Labute approximate surface area is 101 Å². The van der Waals surface area contributed by atoms with Gasteiger partial charge in [0.2, 0.25) is 0 Å². The third kappa shape index (κ3) is 1.81. The first-order chi connectivity index (χ1) is 8.34. The van der Waals surface area contributed by atoms with Crippen LogP contribution in [0, 0.1) is 0 Å². The molecule has 0 spiro atoms. The van der Waals surface area contributed by atoms with Crippen LogP contribution in [0.15, 0.2) is 56.4 Å². The first kappa shape index (κ1) is 10.0. The van der Waals surface area contributed by atoms with Crippen molar-refractivity contribution in [1.82, 2.24) is 9.78 Å². The van der Waals surface area contributed by atoms with Crippen molar-refractivity contribution in [3.05, 3.63) is 57.7 Å². The average molecular weight is 244 g/mol. The largest absolute Gasteiger partial charge is 0.442 e. The van der Waals surface area contributed by atoms with E-state index in [1.807, 2.05) is 35.0 Å². The lowest BCUT2D eigenvalue weighted by molar-refractivity contribution is 0.516. The van der Waals surface area contributed by atoms with Crippen LogP contribution in [-0.4, -0.2) is 9.78 Å². The number of para-hydroxylation sites is 1. The Morgan fingerprint density at radius 2 is 2.00 bits per heavy atom. The quantitative estimate of drug-likeness (QED) is 0.696. The lowest BCUT2D eigenvalue weighted by Crippen LogP contribution is -2.12. The lowest BCUT2D eigenvalue weighted by atomic mass is 10.3. The van der Waals surface area contributed by atoms with E-state index >= 15 is 0 Å². The van der Waals surface area contributed by atoms with Crippen LogP contribution in [0.3, 0.4) is 0 Å². The van der Waals surface area contributed by atoms with Gasteiger partial charge in [-0.2, -0.15) is 16.0 Å². The van der Waals surface area contributed by atoms with Gasteiger partial charge in [0.25, 0.3) is 5.89 Å². The SMILES string of the molecule is O=c1oc(-c2ccsc2)nn1-c1ccccc1. The highest BCUT2D eigenvalue weighted by Gasteiger charge is 2.11. The molecule has 0 fully saturated rings. The van der Waals surface area contributed by atoms with Gasteiger partial charge in [-0.25, -0.2) is 4.79 Å². The Morgan fingerprint density at radius 3 is 2.71 bits per heavy atom. The predicted molar refractivity (Wildman–Crippen MR) is 65.4 cm³/mol. The molecule has 5 heteroatoms. The van der Waals surface area contributed by atoms with Gasteiger partial charge >= 0.3 is 5.76 Å². The molecule has 0 radical (unpaired) electrons. The molecule has 0 aliphatic carbocycles. The van der Waals surface area contributed by atoms with Gasteiger partial charge in [-0.05, 0) is 23.6 Å². The Hall–Kier alpha value is -2.14. The number of rotatable bonds is 2. The minimum atomic E-state index is -0.475. The fraction of sp³-hybridized carbons (Fsp3) is 0. The number of nitrogens with zero attached hydrogens (tertiary/aromatic N) is 2. The molecular weight excluding hydrogens is 236 g/mol. The zero-order valence-electron chi connectivity index (χ0n) is 8.74. The van der Waals surface area contributed by atoms with E-state index in [4.69, 9.17) is 4.42 Å². The van der Waals surface area contributed by atoms with Crippen molar-refractivity contribution in [3.8, 4) is 17.1 Å². The van der Waals surface area contributed by atoms with Crippen LogP contribution in [0.1, 0.15) is 0 Å². The molecule has 0 atom stereocenters.